The van der Waals surface area contributed by atoms with Crippen molar-refractivity contribution in [2.24, 2.45) is 0 Å². The number of benzene rings is 1. The van der Waals surface area contributed by atoms with E-state index in [0.717, 1.165) is 6.20 Å². The van der Waals surface area contributed by atoms with Crippen LogP contribution in [-0.2, 0) is 14.8 Å². The molecular weight excluding hydrogens is 348 g/mol. The summed E-state index contributed by atoms with van der Waals surface area (Å²) in [5, 5.41) is 0. The first kappa shape index (κ1) is 18.4. The largest absolute Gasteiger partial charge is 0.492 e. The molecule has 0 saturated carbocycles. The van der Waals surface area contributed by atoms with Crippen LogP contribution in [0.4, 0.5) is 0 Å². The SMILES string of the molecule is COC(=O)c1ccc(C(=O)NS(=O)(=O)CCOc2ccccc2)cn1. The molecule has 1 heterocycles. The number of pyridine rings is 1. The van der Waals surface area contributed by atoms with Crippen LogP contribution in [0.5, 0.6) is 5.75 Å². The molecule has 0 aliphatic carbocycles. The van der Waals surface area contributed by atoms with Gasteiger partial charge in [0.15, 0.2) is 0 Å². The van der Waals surface area contributed by atoms with Gasteiger partial charge in [0.2, 0.25) is 10.0 Å². The topological polar surface area (TPSA) is 112 Å². The van der Waals surface area contributed by atoms with Crippen molar-refractivity contribution in [3.63, 3.8) is 0 Å². The number of esters is 1. The minimum atomic E-state index is -3.87. The monoisotopic (exact) mass is 364 g/mol. The van der Waals surface area contributed by atoms with Crippen LogP contribution in [0.15, 0.2) is 48.7 Å². The minimum absolute atomic E-state index is 0.000191. The quantitative estimate of drug-likeness (QED) is 0.730. The van der Waals surface area contributed by atoms with Crippen LogP contribution in [-0.4, -0.2) is 44.7 Å². The molecule has 0 atom stereocenters. The first-order valence-corrected chi connectivity index (χ1v) is 8.83. The Bertz CT molecular complexity index is 835. The second-order valence-corrected chi connectivity index (χ2v) is 6.68. The van der Waals surface area contributed by atoms with Gasteiger partial charge in [-0.05, 0) is 24.3 Å². The van der Waals surface area contributed by atoms with Crippen molar-refractivity contribution in [3.8, 4) is 5.75 Å². The van der Waals surface area contributed by atoms with Gasteiger partial charge in [-0.15, -0.1) is 0 Å². The number of nitrogens with one attached hydrogen (secondary N) is 1. The van der Waals surface area contributed by atoms with E-state index < -0.39 is 21.9 Å². The van der Waals surface area contributed by atoms with Gasteiger partial charge < -0.3 is 9.47 Å². The number of hydrogen-bond donors (Lipinski definition) is 1. The summed E-state index contributed by atoms with van der Waals surface area (Å²) in [4.78, 5) is 27.0. The van der Waals surface area contributed by atoms with Crippen molar-refractivity contribution in [1.82, 2.24) is 9.71 Å². The second kappa shape index (κ2) is 8.25. The maximum absolute atomic E-state index is 12.0. The molecule has 8 nitrogen and oxygen atoms in total. The molecule has 0 saturated heterocycles. The lowest BCUT2D eigenvalue weighted by Crippen LogP contribution is -2.34. The van der Waals surface area contributed by atoms with Crippen molar-refractivity contribution in [2.75, 3.05) is 19.5 Å². The summed E-state index contributed by atoms with van der Waals surface area (Å²) in [6.07, 6.45) is 1.09. The zero-order chi connectivity index (χ0) is 18.3. The molecule has 0 aliphatic heterocycles. The smallest absolute Gasteiger partial charge is 0.356 e. The number of amides is 1. The number of aromatic nitrogens is 1. The highest BCUT2D eigenvalue weighted by Gasteiger charge is 2.17. The van der Waals surface area contributed by atoms with Gasteiger partial charge in [0.25, 0.3) is 5.91 Å². The fourth-order valence-corrected chi connectivity index (χ4v) is 2.60. The number of nitrogens with zero attached hydrogens (tertiary/aromatic N) is 1. The Hall–Kier alpha value is -2.94. The van der Waals surface area contributed by atoms with Crippen LogP contribution in [0.25, 0.3) is 0 Å². The molecule has 25 heavy (non-hydrogen) atoms. The first-order valence-electron chi connectivity index (χ1n) is 7.18. The fraction of sp³-hybridized carbons (Fsp3) is 0.188. The Morgan fingerprint density at radius 2 is 1.84 bits per heavy atom. The van der Waals surface area contributed by atoms with Crippen LogP contribution < -0.4 is 9.46 Å². The number of sulfonamides is 1. The summed E-state index contributed by atoms with van der Waals surface area (Å²) in [6.45, 7) is -0.105. The van der Waals surface area contributed by atoms with E-state index in [1.807, 2.05) is 10.8 Å². The molecule has 0 spiro atoms. The molecule has 0 bridgehead atoms. The van der Waals surface area contributed by atoms with E-state index in [9.17, 15) is 18.0 Å². The second-order valence-electron chi connectivity index (χ2n) is 4.84. The molecule has 2 rings (SSSR count). The van der Waals surface area contributed by atoms with E-state index >= 15 is 0 Å². The predicted octanol–water partition coefficient (Wildman–Crippen LogP) is 1.01. The molecular formula is C16H16N2O6S. The lowest BCUT2D eigenvalue weighted by molar-refractivity contribution is 0.0593. The molecule has 1 aromatic carbocycles. The number of rotatable bonds is 7. The van der Waals surface area contributed by atoms with Crippen LogP contribution in [0.3, 0.4) is 0 Å². The normalized spacial score (nSPS) is 10.8. The minimum Gasteiger partial charge on any atom is -0.492 e. The zero-order valence-corrected chi connectivity index (χ0v) is 14.2. The van der Waals surface area contributed by atoms with Crippen molar-refractivity contribution in [1.29, 1.82) is 0 Å². The van der Waals surface area contributed by atoms with E-state index in [4.69, 9.17) is 4.74 Å². The van der Waals surface area contributed by atoms with Gasteiger partial charge in [-0.2, -0.15) is 0 Å². The summed E-state index contributed by atoms with van der Waals surface area (Å²) >= 11 is 0. The Kier molecular flexibility index (Phi) is 6.07. The molecule has 1 aromatic heterocycles. The van der Waals surface area contributed by atoms with Gasteiger partial charge in [0, 0.05) is 6.20 Å². The van der Waals surface area contributed by atoms with Gasteiger partial charge >= 0.3 is 5.97 Å². The molecule has 0 aliphatic rings. The van der Waals surface area contributed by atoms with E-state index in [0.29, 0.717) is 5.75 Å². The number of ether oxygens (including phenoxy) is 2. The highest BCUT2D eigenvalue weighted by Crippen LogP contribution is 2.08. The average molecular weight is 364 g/mol. The van der Waals surface area contributed by atoms with Gasteiger partial charge in [-0.1, -0.05) is 18.2 Å². The highest BCUT2D eigenvalue weighted by atomic mass is 32.2. The zero-order valence-electron chi connectivity index (χ0n) is 13.3. The lowest BCUT2D eigenvalue weighted by Gasteiger charge is -2.08. The molecule has 0 unspecified atom stereocenters. The molecule has 9 heteroatoms. The van der Waals surface area contributed by atoms with Gasteiger partial charge in [-0.3, -0.25) is 4.79 Å². The molecule has 1 N–H and O–H groups in total. The Morgan fingerprint density at radius 1 is 1.12 bits per heavy atom. The van der Waals surface area contributed by atoms with Crippen LogP contribution in [0, 0.1) is 0 Å². The number of para-hydroxylation sites is 1. The third-order valence-electron chi connectivity index (χ3n) is 3.03. The van der Waals surface area contributed by atoms with Crippen molar-refractivity contribution >= 4 is 21.9 Å². The number of carbonyl (C=O) groups is 2. The summed E-state index contributed by atoms with van der Waals surface area (Å²) in [5.74, 6) is -1.35. The highest BCUT2D eigenvalue weighted by molar-refractivity contribution is 7.90. The van der Waals surface area contributed by atoms with Gasteiger partial charge in [0.1, 0.15) is 23.8 Å². The summed E-state index contributed by atoms with van der Waals surface area (Å²) in [7, 11) is -2.67. The van der Waals surface area contributed by atoms with Crippen molar-refractivity contribution < 1.29 is 27.5 Å². The third-order valence-corrected chi connectivity index (χ3v) is 4.23. The van der Waals surface area contributed by atoms with Crippen LogP contribution in [0.2, 0.25) is 0 Å². The maximum atomic E-state index is 12.0. The predicted molar refractivity (Wildman–Crippen MR) is 88.8 cm³/mol. The Labute approximate surface area is 144 Å². The van der Waals surface area contributed by atoms with E-state index in [1.54, 1.807) is 24.3 Å². The number of hydrogen-bond acceptors (Lipinski definition) is 7. The summed E-state index contributed by atoms with van der Waals surface area (Å²) < 4.78 is 35.5. The molecule has 0 fully saturated rings. The van der Waals surface area contributed by atoms with E-state index in [2.05, 4.69) is 9.72 Å². The van der Waals surface area contributed by atoms with Gasteiger partial charge in [-0.25, -0.2) is 22.9 Å². The standard InChI is InChI=1S/C16H16N2O6S/c1-23-16(20)14-8-7-12(11-17-14)15(19)18-25(21,22)10-9-24-13-5-3-2-4-6-13/h2-8,11H,9-10H2,1H3,(H,18,19). The Balaban J connectivity index is 1.90. The van der Waals surface area contributed by atoms with Crippen LogP contribution >= 0.6 is 0 Å². The number of methoxy groups -OCH3 is 1. The maximum Gasteiger partial charge on any atom is 0.356 e. The molecule has 132 valence electrons. The van der Waals surface area contributed by atoms with E-state index in [-0.39, 0.29) is 23.6 Å². The molecule has 2 aromatic rings. The van der Waals surface area contributed by atoms with Gasteiger partial charge in [0.05, 0.1) is 12.7 Å². The Morgan fingerprint density at radius 3 is 2.44 bits per heavy atom. The van der Waals surface area contributed by atoms with Crippen molar-refractivity contribution in [2.45, 2.75) is 0 Å². The fourth-order valence-electron chi connectivity index (χ4n) is 1.79. The molecule has 0 radical (unpaired) electrons. The lowest BCUT2D eigenvalue weighted by atomic mass is 10.2. The first-order chi connectivity index (χ1) is 11.9. The average Bonchev–Trinajstić information content (AvgIpc) is 2.61. The number of carbonyl (C=O) groups excluding carboxylic acids is 2. The summed E-state index contributed by atoms with van der Waals surface area (Å²) in [6, 6.07) is 11.3. The summed E-state index contributed by atoms with van der Waals surface area (Å²) in [5.41, 5.74) is 0.0124. The molecule has 1 amide bonds. The third kappa shape index (κ3) is 5.57. The van der Waals surface area contributed by atoms with Crippen LogP contribution in [0.1, 0.15) is 20.8 Å². The van der Waals surface area contributed by atoms with Crippen molar-refractivity contribution in [3.05, 3.63) is 59.9 Å². The van der Waals surface area contributed by atoms with E-state index in [1.165, 1.54) is 19.2 Å².